The van der Waals surface area contributed by atoms with Gasteiger partial charge >= 0.3 is 0 Å². The molecule has 3 rings (SSSR count). The summed E-state index contributed by atoms with van der Waals surface area (Å²) < 4.78 is 1.90. The minimum absolute atomic E-state index is 0.692. The number of rotatable bonds is 1. The van der Waals surface area contributed by atoms with Gasteiger partial charge in [-0.3, -0.25) is 4.40 Å². The molecular formula is C11H11N5S. The highest BCUT2D eigenvalue weighted by atomic mass is 32.1. The first-order valence-electron chi connectivity index (χ1n) is 5.20. The van der Waals surface area contributed by atoms with Gasteiger partial charge < -0.3 is 5.73 Å². The van der Waals surface area contributed by atoms with E-state index in [4.69, 9.17) is 5.73 Å². The zero-order valence-corrected chi connectivity index (χ0v) is 10.3. The van der Waals surface area contributed by atoms with Crippen LogP contribution in [0.3, 0.4) is 0 Å². The van der Waals surface area contributed by atoms with Crippen LogP contribution in [0.1, 0.15) is 10.7 Å². The molecule has 0 bridgehead atoms. The average Bonchev–Trinajstić information content (AvgIpc) is 2.81. The molecule has 0 atom stereocenters. The molecule has 5 nitrogen and oxygen atoms in total. The van der Waals surface area contributed by atoms with Crippen molar-refractivity contribution >= 4 is 22.7 Å². The van der Waals surface area contributed by atoms with E-state index in [2.05, 4.69) is 15.2 Å². The molecule has 0 fully saturated rings. The van der Waals surface area contributed by atoms with Crippen molar-refractivity contribution in [3.63, 3.8) is 0 Å². The first-order valence-corrected chi connectivity index (χ1v) is 6.01. The Kier molecular flexibility index (Phi) is 2.12. The topological polar surface area (TPSA) is 69.1 Å². The third kappa shape index (κ3) is 1.57. The Hall–Kier alpha value is -1.95. The van der Waals surface area contributed by atoms with Gasteiger partial charge in [-0.05, 0) is 26.0 Å². The van der Waals surface area contributed by atoms with E-state index in [0.717, 1.165) is 27.1 Å². The minimum Gasteiger partial charge on any atom is -0.398 e. The van der Waals surface area contributed by atoms with Crippen LogP contribution in [0.15, 0.2) is 18.3 Å². The Morgan fingerprint density at radius 1 is 1.24 bits per heavy atom. The summed E-state index contributed by atoms with van der Waals surface area (Å²) in [6, 6.07) is 3.67. The quantitative estimate of drug-likeness (QED) is 0.712. The van der Waals surface area contributed by atoms with E-state index in [-0.39, 0.29) is 0 Å². The zero-order valence-electron chi connectivity index (χ0n) is 9.51. The van der Waals surface area contributed by atoms with Crippen molar-refractivity contribution in [1.82, 2.24) is 19.6 Å². The number of aryl methyl sites for hydroxylation is 2. The van der Waals surface area contributed by atoms with Crippen LogP contribution in [0.25, 0.3) is 16.3 Å². The molecule has 0 spiro atoms. The molecule has 3 aromatic heterocycles. The third-order valence-electron chi connectivity index (χ3n) is 2.53. The number of hydrogen-bond donors (Lipinski definition) is 1. The third-order valence-corrected chi connectivity index (χ3v) is 3.60. The summed E-state index contributed by atoms with van der Waals surface area (Å²) in [6.45, 7) is 3.96. The highest BCUT2D eigenvalue weighted by Crippen LogP contribution is 2.28. The van der Waals surface area contributed by atoms with Crippen molar-refractivity contribution < 1.29 is 0 Å². The molecule has 0 amide bonds. The molecule has 17 heavy (non-hydrogen) atoms. The van der Waals surface area contributed by atoms with Crippen LogP contribution in [-0.2, 0) is 0 Å². The SMILES string of the molecule is Cc1nc(C)c(-c2nnc3ccc(N)cn23)s1. The van der Waals surface area contributed by atoms with Gasteiger partial charge in [0.15, 0.2) is 11.5 Å². The van der Waals surface area contributed by atoms with Crippen molar-refractivity contribution in [2.45, 2.75) is 13.8 Å². The number of nitrogens with zero attached hydrogens (tertiary/aromatic N) is 4. The summed E-state index contributed by atoms with van der Waals surface area (Å²) in [7, 11) is 0. The van der Waals surface area contributed by atoms with Gasteiger partial charge in [-0.25, -0.2) is 4.98 Å². The van der Waals surface area contributed by atoms with Crippen LogP contribution < -0.4 is 5.73 Å². The standard InChI is InChI=1S/C11H11N5S/c1-6-10(17-7(2)13-6)11-15-14-9-4-3-8(12)5-16(9)11/h3-5H,12H2,1-2H3. The highest BCUT2D eigenvalue weighted by molar-refractivity contribution is 7.15. The van der Waals surface area contributed by atoms with Gasteiger partial charge in [-0.2, -0.15) is 0 Å². The van der Waals surface area contributed by atoms with Crippen molar-refractivity contribution in [1.29, 1.82) is 0 Å². The maximum Gasteiger partial charge on any atom is 0.180 e. The summed E-state index contributed by atoms with van der Waals surface area (Å²) >= 11 is 1.62. The van der Waals surface area contributed by atoms with E-state index < -0.39 is 0 Å². The van der Waals surface area contributed by atoms with Crippen LogP contribution in [-0.4, -0.2) is 19.6 Å². The lowest BCUT2D eigenvalue weighted by atomic mass is 10.3. The van der Waals surface area contributed by atoms with E-state index in [0.29, 0.717) is 5.69 Å². The highest BCUT2D eigenvalue weighted by Gasteiger charge is 2.14. The summed E-state index contributed by atoms with van der Waals surface area (Å²) in [4.78, 5) is 5.44. The van der Waals surface area contributed by atoms with Crippen molar-refractivity contribution in [3.05, 3.63) is 29.0 Å². The Morgan fingerprint density at radius 3 is 2.76 bits per heavy atom. The van der Waals surface area contributed by atoms with E-state index in [1.165, 1.54) is 0 Å². The lowest BCUT2D eigenvalue weighted by Crippen LogP contribution is -1.92. The maximum atomic E-state index is 5.78. The van der Waals surface area contributed by atoms with Crippen molar-refractivity contribution in [3.8, 4) is 10.7 Å². The largest absolute Gasteiger partial charge is 0.398 e. The summed E-state index contributed by atoms with van der Waals surface area (Å²) in [5.74, 6) is 0.801. The van der Waals surface area contributed by atoms with Gasteiger partial charge in [-0.15, -0.1) is 21.5 Å². The van der Waals surface area contributed by atoms with Crippen molar-refractivity contribution in [2.24, 2.45) is 0 Å². The molecule has 0 aliphatic carbocycles. The summed E-state index contributed by atoms with van der Waals surface area (Å²) in [5, 5.41) is 9.36. The van der Waals surface area contributed by atoms with Gasteiger partial charge in [0, 0.05) is 11.9 Å². The smallest absolute Gasteiger partial charge is 0.180 e. The number of anilines is 1. The Balaban J connectivity index is 2.30. The van der Waals surface area contributed by atoms with Crippen LogP contribution >= 0.6 is 11.3 Å². The molecule has 0 aliphatic rings. The molecular weight excluding hydrogens is 234 g/mol. The molecule has 3 aromatic rings. The lowest BCUT2D eigenvalue weighted by molar-refractivity contribution is 1.10. The van der Waals surface area contributed by atoms with E-state index in [1.54, 1.807) is 11.3 Å². The molecule has 3 heterocycles. The van der Waals surface area contributed by atoms with Gasteiger partial charge in [0.1, 0.15) is 0 Å². The number of pyridine rings is 1. The minimum atomic E-state index is 0.692. The van der Waals surface area contributed by atoms with E-state index >= 15 is 0 Å². The number of fused-ring (bicyclic) bond motifs is 1. The van der Waals surface area contributed by atoms with Gasteiger partial charge in [0.25, 0.3) is 0 Å². The van der Waals surface area contributed by atoms with Crippen LogP contribution in [0.4, 0.5) is 5.69 Å². The number of hydrogen-bond acceptors (Lipinski definition) is 5. The predicted octanol–water partition coefficient (Wildman–Crippen LogP) is 2.05. The second-order valence-corrected chi connectivity index (χ2v) is 5.06. The van der Waals surface area contributed by atoms with E-state index in [1.807, 2.05) is 36.6 Å². The number of thiazole rings is 1. The van der Waals surface area contributed by atoms with Gasteiger partial charge in [0.2, 0.25) is 0 Å². The average molecular weight is 245 g/mol. The normalized spacial score (nSPS) is 11.2. The second kappa shape index (κ2) is 3.53. The maximum absolute atomic E-state index is 5.78. The Bertz CT molecular complexity index is 697. The molecule has 0 unspecified atom stereocenters. The van der Waals surface area contributed by atoms with Crippen molar-refractivity contribution in [2.75, 3.05) is 5.73 Å². The van der Waals surface area contributed by atoms with Crippen LogP contribution in [0.2, 0.25) is 0 Å². The Labute approximate surface area is 102 Å². The molecule has 86 valence electrons. The van der Waals surface area contributed by atoms with Gasteiger partial charge in [-0.1, -0.05) is 0 Å². The first kappa shape index (κ1) is 10.2. The number of nitrogens with two attached hydrogens (primary N) is 1. The molecule has 2 N–H and O–H groups in total. The Morgan fingerprint density at radius 2 is 2.06 bits per heavy atom. The van der Waals surface area contributed by atoms with Crippen LogP contribution in [0.5, 0.6) is 0 Å². The molecule has 0 aromatic carbocycles. The zero-order chi connectivity index (χ0) is 12.0. The fourth-order valence-corrected chi connectivity index (χ4v) is 2.70. The second-order valence-electron chi connectivity index (χ2n) is 3.86. The monoisotopic (exact) mass is 245 g/mol. The lowest BCUT2D eigenvalue weighted by Gasteiger charge is -1.98. The fourth-order valence-electron chi connectivity index (χ4n) is 1.80. The molecule has 6 heteroatoms. The fraction of sp³-hybridized carbons (Fsp3) is 0.182. The number of aromatic nitrogens is 4. The summed E-state index contributed by atoms with van der Waals surface area (Å²) in [6.07, 6.45) is 1.83. The molecule has 0 radical (unpaired) electrons. The molecule has 0 saturated carbocycles. The molecule has 0 saturated heterocycles. The first-order chi connectivity index (χ1) is 8.15. The number of nitrogen functional groups attached to an aromatic ring is 1. The van der Waals surface area contributed by atoms with E-state index in [9.17, 15) is 0 Å². The predicted molar refractivity (Wildman–Crippen MR) is 68.0 cm³/mol. The summed E-state index contributed by atoms with van der Waals surface area (Å²) in [5.41, 5.74) is 8.24. The molecule has 0 aliphatic heterocycles. The van der Waals surface area contributed by atoms with Crippen LogP contribution in [0, 0.1) is 13.8 Å². The van der Waals surface area contributed by atoms with Gasteiger partial charge in [0.05, 0.1) is 15.6 Å².